The second-order valence-corrected chi connectivity index (χ2v) is 5.35. The van der Waals surface area contributed by atoms with Crippen LogP contribution in [0.15, 0.2) is 18.7 Å². The van der Waals surface area contributed by atoms with Crippen LogP contribution in [-0.2, 0) is 13.1 Å². The fourth-order valence-electron chi connectivity index (χ4n) is 1.48. The van der Waals surface area contributed by atoms with Gasteiger partial charge in [-0.1, -0.05) is 13.8 Å². The molecule has 5 nitrogen and oxygen atoms in total. The van der Waals surface area contributed by atoms with E-state index in [9.17, 15) is 0 Å². The molecule has 0 N–H and O–H groups in total. The van der Waals surface area contributed by atoms with Crippen LogP contribution in [0.2, 0.25) is 0 Å². The van der Waals surface area contributed by atoms with Crippen molar-refractivity contribution in [2.24, 2.45) is 5.92 Å². The zero-order chi connectivity index (χ0) is 11.5. The summed E-state index contributed by atoms with van der Waals surface area (Å²) in [5.74, 6) is 1.52. The van der Waals surface area contributed by atoms with Crippen molar-refractivity contribution in [1.82, 2.24) is 24.5 Å². The van der Waals surface area contributed by atoms with Crippen LogP contribution in [0.3, 0.4) is 0 Å². The average molecular weight is 331 g/mol. The molecule has 2 heterocycles. The summed E-state index contributed by atoms with van der Waals surface area (Å²) in [7, 11) is 0. The molecule has 6 heteroatoms. The molecule has 0 radical (unpaired) electrons. The molecule has 0 saturated heterocycles. The third kappa shape index (κ3) is 2.81. The molecule has 86 valence electrons. The highest BCUT2D eigenvalue weighted by molar-refractivity contribution is 14.1. The quantitative estimate of drug-likeness (QED) is 0.803. The smallest absolute Gasteiger partial charge is 0.148 e. The van der Waals surface area contributed by atoms with Gasteiger partial charge in [0.15, 0.2) is 0 Å². The predicted octanol–water partition coefficient (Wildman–Crippen LogP) is 1.78. The third-order valence-electron chi connectivity index (χ3n) is 2.14. The Morgan fingerprint density at radius 2 is 2.19 bits per heavy atom. The van der Waals surface area contributed by atoms with Crippen molar-refractivity contribution < 1.29 is 0 Å². The summed E-state index contributed by atoms with van der Waals surface area (Å²) in [6.45, 7) is 5.91. The second-order valence-electron chi connectivity index (χ2n) is 4.11. The van der Waals surface area contributed by atoms with Crippen LogP contribution in [0.1, 0.15) is 19.7 Å². The van der Waals surface area contributed by atoms with Crippen molar-refractivity contribution in [1.29, 1.82) is 0 Å². The summed E-state index contributed by atoms with van der Waals surface area (Å²) in [6, 6.07) is 0. The van der Waals surface area contributed by atoms with Gasteiger partial charge in [0.1, 0.15) is 18.7 Å². The standard InChI is InChI=1S/C10H14IN5/c1-8(2)4-16-10(12-7-14-16)6-15-5-9(11)3-13-15/h3,5,7-8H,4,6H2,1-2H3. The second kappa shape index (κ2) is 4.94. The van der Waals surface area contributed by atoms with E-state index < -0.39 is 0 Å². The van der Waals surface area contributed by atoms with E-state index in [0.29, 0.717) is 12.5 Å². The fraction of sp³-hybridized carbons (Fsp3) is 0.500. The Bertz CT molecular complexity index is 459. The normalized spacial score (nSPS) is 11.2. The topological polar surface area (TPSA) is 48.5 Å². The van der Waals surface area contributed by atoms with Gasteiger partial charge in [-0.2, -0.15) is 10.2 Å². The lowest BCUT2D eigenvalue weighted by Crippen LogP contribution is -2.13. The molecule has 0 aliphatic carbocycles. The van der Waals surface area contributed by atoms with Gasteiger partial charge < -0.3 is 0 Å². The fourth-order valence-corrected chi connectivity index (χ4v) is 1.92. The van der Waals surface area contributed by atoms with Gasteiger partial charge in [-0.25, -0.2) is 9.67 Å². The summed E-state index contributed by atoms with van der Waals surface area (Å²) >= 11 is 2.24. The molecule has 0 aliphatic rings. The van der Waals surface area contributed by atoms with E-state index in [1.54, 1.807) is 6.33 Å². The Balaban J connectivity index is 2.12. The van der Waals surface area contributed by atoms with Gasteiger partial charge in [0, 0.05) is 12.7 Å². The highest BCUT2D eigenvalue weighted by Crippen LogP contribution is 2.05. The monoisotopic (exact) mass is 331 g/mol. The molecule has 2 aromatic rings. The van der Waals surface area contributed by atoms with E-state index in [2.05, 4.69) is 51.6 Å². The van der Waals surface area contributed by atoms with E-state index in [1.807, 2.05) is 21.8 Å². The molecule has 0 spiro atoms. The molecule has 0 aliphatic heterocycles. The van der Waals surface area contributed by atoms with Crippen LogP contribution in [0.25, 0.3) is 0 Å². The zero-order valence-electron chi connectivity index (χ0n) is 9.34. The Morgan fingerprint density at radius 3 is 2.81 bits per heavy atom. The molecule has 2 aromatic heterocycles. The first-order valence-electron chi connectivity index (χ1n) is 5.20. The molecule has 2 rings (SSSR count). The zero-order valence-corrected chi connectivity index (χ0v) is 11.5. The van der Waals surface area contributed by atoms with Gasteiger partial charge in [0.2, 0.25) is 0 Å². The molecule has 0 aromatic carbocycles. The number of rotatable bonds is 4. The molecule has 0 atom stereocenters. The van der Waals surface area contributed by atoms with Crippen LogP contribution >= 0.6 is 22.6 Å². The Morgan fingerprint density at radius 1 is 1.38 bits per heavy atom. The number of halogens is 1. The maximum absolute atomic E-state index is 4.26. The lowest BCUT2D eigenvalue weighted by atomic mass is 10.2. The van der Waals surface area contributed by atoms with Gasteiger partial charge >= 0.3 is 0 Å². The Hall–Kier alpha value is -0.920. The largest absolute Gasteiger partial charge is 0.264 e. The van der Waals surface area contributed by atoms with Crippen LogP contribution in [-0.4, -0.2) is 24.5 Å². The first kappa shape index (κ1) is 11.6. The molecule has 16 heavy (non-hydrogen) atoms. The van der Waals surface area contributed by atoms with Crippen molar-refractivity contribution in [3.8, 4) is 0 Å². The van der Waals surface area contributed by atoms with E-state index in [4.69, 9.17) is 0 Å². The first-order valence-corrected chi connectivity index (χ1v) is 6.27. The number of aromatic nitrogens is 5. The third-order valence-corrected chi connectivity index (χ3v) is 2.70. The molecule has 0 fully saturated rings. The van der Waals surface area contributed by atoms with Crippen molar-refractivity contribution in [3.63, 3.8) is 0 Å². The highest BCUT2D eigenvalue weighted by atomic mass is 127. The molecular weight excluding hydrogens is 317 g/mol. The lowest BCUT2D eigenvalue weighted by molar-refractivity contribution is 0.456. The van der Waals surface area contributed by atoms with Gasteiger partial charge in [0.05, 0.1) is 9.77 Å². The van der Waals surface area contributed by atoms with Crippen LogP contribution < -0.4 is 0 Å². The maximum Gasteiger partial charge on any atom is 0.148 e. The summed E-state index contributed by atoms with van der Waals surface area (Å²) in [5, 5.41) is 8.46. The average Bonchev–Trinajstić information content (AvgIpc) is 2.77. The molecule has 0 saturated carbocycles. The van der Waals surface area contributed by atoms with E-state index in [1.165, 1.54) is 0 Å². The van der Waals surface area contributed by atoms with Crippen LogP contribution in [0.5, 0.6) is 0 Å². The minimum Gasteiger partial charge on any atom is -0.264 e. The van der Waals surface area contributed by atoms with E-state index >= 15 is 0 Å². The minimum absolute atomic E-state index is 0.568. The summed E-state index contributed by atoms with van der Waals surface area (Å²) in [6.07, 6.45) is 5.44. The van der Waals surface area contributed by atoms with Crippen LogP contribution in [0, 0.1) is 9.49 Å². The summed E-state index contributed by atoms with van der Waals surface area (Å²) in [4.78, 5) is 4.26. The van der Waals surface area contributed by atoms with Crippen molar-refractivity contribution in [2.45, 2.75) is 26.9 Å². The first-order chi connectivity index (χ1) is 7.65. The summed E-state index contributed by atoms with van der Waals surface area (Å²) < 4.78 is 4.95. The van der Waals surface area contributed by atoms with Crippen molar-refractivity contribution >= 4 is 22.6 Å². The maximum atomic E-state index is 4.26. The molecular formula is C10H14IN5. The van der Waals surface area contributed by atoms with Crippen molar-refractivity contribution in [3.05, 3.63) is 28.1 Å². The minimum atomic E-state index is 0.568. The predicted molar refractivity (Wildman–Crippen MR) is 68.9 cm³/mol. The van der Waals surface area contributed by atoms with Crippen LogP contribution in [0.4, 0.5) is 0 Å². The molecule has 0 amide bonds. The van der Waals surface area contributed by atoms with E-state index in [0.717, 1.165) is 15.9 Å². The SMILES string of the molecule is CC(C)Cn1ncnc1Cn1cc(I)cn1. The number of hydrogen-bond acceptors (Lipinski definition) is 3. The summed E-state index contributed by atoms with van der Waals surface area (Å²) in [5.41, 5.74) is 0. The lowest BCUT2D eigenvalue weighted by Gasteiger charge is -2.08. The van der Waals surface area contributed by atoms with Gasteiger partial charge in [-0.3, -0.25) is 4.68 Å². The van der Waals surface area contributed by atoms with Gasteiger partial charge in [0.25, 0.3) is 0 Å². The molecule has 0 unspecified atom stereocenters. The van der Waals surface area contributed by atoms with Gasteiger partial charge in [-0.15, -0.1) is 0 Å². The van der Waals surface area contributed by atoms with E-state index in [-0.39, 0.29) is 0 Å². The van der Waals surface area contributed by atoms with Crippen molar-refractivity contribution in [2.75, 3.05) is 0 Å². The Kier molecular flexibility index (Phi) is 3.57. The number of hydrogen-bond donors (Lipinski definition) is 0. The number of nitrogens with zero attached hydrogens (tertiary/aromatic N) is 5. The molecule has 0 bridgehead atoms. The van der Waals surface area contributed by atoms with Gasteiger partial charge in [-0.05, 0) is 28.5 Å². The highest BCUT2D eigenvalue weighted by Gasteiger charge is 2.07. The Labute approximate surface area is 108 Å².